The van der Waals surface area contributed by atoms with Crippen LogP contribution in [0.1, 0.15) is 54.1 Å². The van der Waals surface area contributed by atoms with Crippen molar-refractivity contribution >= 4 is 11.8 Å². The van der Waals surface area contributed by atoms with Gasteiger partial charge in [0, 0.05) is 31.4 Å². The Morgan fingerprint density at radius 3 is 2.52 bits per heavy atom. The number of benzene rings is 1. The number of carbonyl (C=O) groups excluding carboxylic acids is 2. The normalized spacial score (nSPS) is 13.3. The zero-order valence-corrected chi connectivity index (χ0v) is 18.8. The van der Waals surface area contributed by atoms with Gasteiger partial charge in [-0.2, -0.15) is 0 Å². The fourth-order valence-corrected chi connectivity index (χ4v) is 3.65. The Bertz CT molecular complexity index is 871. The molecule has 0 fully saturated rings. The summed E-state index contributed by atoms with van der Waals surface area (Å²) in [5, 5.41) is 3.03. The number of hydrogen-bond acceptors (Lipinski definition) is 4. The van der Waals surface area contributed by atoms with Gasteiger partial charge >= 0.3 is 0 Å². The van der Waals surface area contributed by atoms with Crippen molar-refractivity contribution < 1.29 is 14.0 Å². The van der Waals surface area contributed by atoms with Crippen molar-refractivity contribution in [2.45, 2.75) is 45.1 Å². The molecule has 0 saturated carbocycles. The summed E-state index contributed by atoms with van der Waals surface area (Å²) < 4.78 is 14.1. The van der Waals surface area contributed by atoms with Gasteiger partial charge < -0.3 is 16.0 Å². The largest absolute Gasteiger partial charge is 0.366 e. The summed E-state index contributed by atoms with van der Waals surface area (Å²) in [5.41, 5.74) is 6.86. The predicted molar refractivity (Wildman–Crippen MR) is 120 cm³/mol. The molecule has 2 atom stereocenters. The average Bonchev–Trinajstić information content (AvgIpc) is 2.70. The SMILES string of the molecule is CC(C)C[C@@H](CC(=O)NC[C@H](Cc1ccc(C(N)=O)c(F)c1)N(C)C)c1cccnc1. The number of halogens is 1. The molecule has 0 radical (unpaired) electrons. The van der Waals surface area contributed by atoms with Crippen molar-refractivity contribution in [3.05, 3.63) is 65.2 Å². The predicted octanol–water partition coefficient (Wildman–Crippen LogP) is 3.13. The van der Waals surface area contributed by atoms with E-state index in [1.54, 1.807) is 12.3 Å². The zero-order chi connectivity index (χ0) is 23.0. The molecule has 2 aromatic rings. The second-order valence-corrected chi connectivity index (χ2v) is 8.62. The molecule has 0 bridgehead atoms. The molecule has 2 rings (SSSR count). The number of pyridine rings is 1. The van der Waals surface area contributed by atoms with Gasteiger partial charge in [0.1, 0.15) is 5.82 Å². The number of amides is 2. The van der Waals surface area contributed by atoms with Crippen molar-refractivity contribution in [3.63, 3.8) is 0 Å². The Labute approximate surface area is 184 Å². The minimum atomic E-state index is -0.787. The summed E-state index contributed by atoms with van der Waals surface area (Å²) in [6, 6.07) is 8.32. The van der Waals surface area contributed by atoms with E-state index in [1.807, 2.05) is 37.3 Å². The van der Waals surface area contributed by atoms with Gasteiger partial charge in [-0.15, -0.1) is 0 Å². The number of hydrogen-bond donors (Lipinski definition) is 2. The molecule has 3 N–H and O–H groups in total. The van der Waals surface area contributed by atoms with E-state index in [0.29, 0.717) is 25.3 Å². The second-order valence-electron chi connectivity index (χ2n) is 8.62. The van der Waals surface area contributed by atoms with Crippen LogP contribution in [0.3, 0.4) is 0 Å². The van der Waals surface area contributed by atoms with Crippen molar-refractivity contribution in [3.8, 4) is 0 Å². The fourth-order valence-electron chi connectivity index (χ4n) is 3.65. The number of likely N-dealkylation sites (N-methyl/N-ethyl adjacent to an activating group) is 1. The topological polar surface area (TPSA) is 88.3 Å². The van der Waals surface area contributed by atoms with Gasteiger partial charge in [0.15, 0.2) is 0 Å². The number of nitrogens with one attached hydrogen (secondary N) is 1. The number of aromatic nitrogens is 1. The van der Waals surface area contributed by atoms with E-state index in [2.05, 4.69) is 24.1 Å². The van der Waals surface area contributed by atoms with Crippen LogP contribution in [-0.4, -0.2) is 48.4 Å². The maximum Gasteiger partial charge on any atom is 0.251 e. The van der Waals surface area contributed by atoms with Gasteiger partial charge in [0.05, 0.1) is 5.56 Å². The van der Waals surface area contributed by atoms with E-state index in [1.165, 1.54) is 12.1 Å². The lowest BCUT2D eigenvalue weighted by atomic mass is 9.88. The molecule has 2 amide bonds. The third kappa shape index (κ3) is 7.75. The fraction of sp³-hybridized carbons (Fsp3) is 0.458. The lowest BCUT2D eigenvalue weighted by molar-refractivity contribution is -0.121. The summed E-state index contributed by atoms with van der Waals surface area (Å²) in [6.45, 7) is 4.73. The van der Waals surface area contributed by atoms with E-state index in [-0.39, 0.29) is 23.4 Å². The first kappa shape index (κ1) is 24.5. The molecular formula is C24H33FN4O2. The highest BCUT2D eigenvalue weighted by Crippen LogP contribution is 2.26. The van der Waals surface area contributed by atoms with Gasteiger partial charge in [0.2, 0.25) is 5.91 Å². The van der Waals surface area contributed by atoms with Gasteiger partial charge in [-0.05, 0) is 68.1 Å². The quantitative estimate of drug-likeness (QED) is 0.576. The number of primary amides is 1. The van der Waals surface area contributed by atoms with Crippen molar-refractivity contribution in [2.75, 3.05) is 20.6 Å². The van der Waals surface area contributed by atoms with Gasteiger partial charge in [-0.1, -0.05) is 26.0 Å². The lowest BCUT2D eigenvalue weighted by Crippen LogP contribution is -2.42. The van der Waals surface area contributed by atoms with E-state index >= 15 is 0 Å². The highest BCUT2D eigenvalue weighted by molar-refractivity contribution is 5.93. The van der Waals surface area contributed by atoms with E-state index < -0.39 is 11.7 Å². The molecule has 0 aliphatic heterocycles. The van der Waals surface area contributed by atoms with Crippen LogP contribution in [0, 0.1) is 11.7 Å². The molecule has 31 heavy (non-hydrogen) atoms. The Morgan fingerprint density at radius 2 is 1.97 bits per heavy atom. The van der Waals surface area contributed by atoms with Crippen molar-refractivity contribution in [1.29, 1.82) is 0 Å². The first-order chi connectivity index (χ1) is 14.7. The molecule has 0 aliphatic rings. The third-order valence-corrected chi connectivity index (χ3v) is 5.38. The maximum absolute atomic E-state index is 14.1. The van der Waals surface area contributed by atoms with E-state index in [4.69, 9.17) is 5.73 Å². The Hall–Kier alpha value is -2.80. The average molecular weight is 429 g/mol. The van der Waals surface area contributed by atoms with Gasteiger partial charge in [0.25, 0.3) is 5.91 Å². The highest BCUT2D eigenvalue weighted by Gasteiger charge is 2.20. The van der Waals surface area contributed by atoms with Gasteiger partial charge in [-0.3, -0.25) is 14.6 Å². The molecule has 0 spiro atoms. The first-order valence-corrected chi connectivity index (χ1v) is 10.6. The molecule has 1 aromatic carbocycles. The summed E-state index contributed by atoms with van der Waals surface area (Å²) in [5.74, 6) is -0.853. The molecule has 168 valence electrons. The molecule has 0 saturated heterocycles. The minimum absolute atomic E-state index is 0.0170. The van der Waals surface area contributed by atoms with E-state index in [0.717, 1.165) is 17.5 Å². The van der Waals surface area contributed by atoms with Gasteiger partial charge in [-0.25, -0.2) is 4.39 Å². The standard InChI is InChI=1S/C24H33FN4O2/c1-16(2)10-19(18-6-5-9-27-14-18)13-23(30)28-15-20(29(3)4)11-17-7-8-21(24(26)31)22(25)12-17/h5-9,12,14,16,19-20H,10-11,13,15H2,1-4H3,(H2,26,31)(H,28,30)/t19-,20-/m0/s1. The number of nitrogens with zero attached hydrogens (tertiary/aromatic N) is 2. The summed E-state index contributed by atoms with van der Waals surface area (Å²) in [4.78, 5) is 30.1. The maximum atomic E-state index is 14.1. The summed E-state index contributed by atoms with van der Waals surface area (Å²) in [7, 11) is 3.84. The molecular weight excluding hydrogens is 395 g/mol. The number of nitrogens with two attached hydrogens (primary N) is 1. The monoisotopic (exact) mass is 428 g/mol. The Morgan fingerprint density at radius 1 is 1.23 bits per heavy atom. The molecule has 1 aromatic heterocycles. The first-order valence-electron chi connectivity index (χ1n) is 10.6. The zero-order valence-electron chi connectivity index (χ0n) is 18.8. The smallest absolute Gasteiger partial charge is 0.251 e. The molecule has 1 heterocycles. The summed E-state index contributed by atoms with van der Waals surface area (Å²) >= 11 is 0. The highest BCUT2D eigenvalue weighted by atomic mass is 19.1. The Balaban J connectivity index is 1.99. The van der Waals surface area contributed by atoms with Crippen LogP contribution in [0.25, 0.3) is 0 Å². The van der Waals surface area contributed by atoms with Crippen LogP contribution in [0.5, 0.6) is 0 Å². The lowest BCUT2D eigenvalue weighted by Gasteiger charge is -2.26. The van der Waals surface area contributed by atoms with Crippen LogP contribution in [0.15, 0.2) is 42.7 Å². The van der Waals surface area contributed by atoms with Crippen LogP contribution < -0.4 is 11.1 Å². The summed E-state index contributed by atoms with van der Waals surface area (Å²) in [6.07, 6.45) is 5.39. The molecule has 6 nitrogen and oxygen atoms in total. The molecule has 7 heteroatoms. The van der Waals surface area contributed by atoms with Crippen LogP contribution in [0.2, 0.25) is 0 Å². The van der Waals surface area contributed by atoms with E-state index in [9.17, 15) is 14.0 Å². The third-order valence-electron chi connectivity index (χ3n) is 5.38. The molecule has 0 aliphatic carbocycles. The van der Waals surface area contributed by atoms with Crippen molar-refractivity contribution in [1.82, 2.24) is 15.2 Å². The van der Waals surface area contributed by atoms with Crippen LogP contribution >= 0.6 is 0 Å². The second kappa shape index (κ2) is 11.6. The number of carbonyl (C=O) groups is 2. The minimum Gasteiger partial charge on any atom is -0.366 e. The van der Waals surface area contributed by atoms with Crippen molar-refractivity contribution in [2.24, 2.45) is 11.7 Å². The Kier molecular flexibility index (Phi) is 9.12. The van der Waals surface area contributed by atoms with Crippen LogP contribution in [-0.2, 0) is 11.2 Å². The van der Waals surface area contributed by atoms with Crippen LogP contribution in [0.4, 0.5) is 4.39 Å². The number of rotatable bonds is 11. The molecule has 0 unspecified atom stereocenters.